The molecule has 2 aromatic rings. The standard InChI is InChI=1S/C17H20ClNO4S2/c1-13-3-9-17(10-4-13)25(22,23)12-15(11-19-24(2,20)21)14-5-7-16(18)8-6-14/h3-10,15,19H,11-12H2,1-2H3. The summed E-state index contributed by atoms with van der Waals surface area (Å²) < 4.78 is 50.6. The molecule has 0 saturated heterocycles. The number of sulfonamides is 1. The van der Waals surface area contributed by atoms with Gasteiger partial charge in [-0.3, -0.25) is 0 Å². The molecule has 1 N–H and O–H groups in total. The monoisotopic (exact) mass is 401 g/mol. The van der Waals surface area contributed by atoms with E-state index in [9.17, 15) is 16.8 Å². The summed E-state index contributed by atoms with van der Waals surface area (Å²) in [5.41, 5.74) is 1.67. The van der Waals surface area contributed by atoms with Crippen molar-refractivity contribution in [2.75, 3.05) is 18.6 Å². The number of halogens is 1. The predicted molar refractivity (Wildman–Crippen MR) is 100 cm³/mol. The zero-order valence-corrected chi connectivity index (χ0v) is 16.3. The van der Waals surface area contributed by atoms with Crippen molar-refractivity contribution in [3.8, 4) is 0 Å². The highest BCUT2D eigenvalue weighted by atomic mass is 35.5. The van der Waals surface area contributed by atoms with Crippen LogP contribution in [0.4, 0.5) is 0 Å². The van der Waals surface area contributed by atoms with E-state index >= 15 is 0 Å². The summed E-state index contributed by atoms with van der Waals surface area (Å²) in [5, 5.41) is 0.528. The van der Waals surface area contributed by atoms with Crippen LogP contribution < -0.4 is 4.72 Å². The van der Waals surface area contributed by atoms with Crippen LogP contribution in [0.25, 0.3) is 0 Å². The Bertz CT molecular complexity index is 922. The van der Waals surface area contributed by atoms with Crippen molar-refractivity contribution in [1.29, 1.82) is 0 Å². The molecule has 2 rings (SSSR count). The molecule has 5 nitrogen and oxygen atoms in total. The second-order valence-corrected chi connectivity index (χ2v) is 10.3. The molecule has 0 saturated carbocycles. The van der Waals surface area contributed by atoms with Crippen molar-refractivity contribution < 1.29 is 16.8 Å². The number of nitrogens with one attached hydrogen (secondary N) is 1. The highest BCUT2D eigenvalue weighted by Crippen LogP contribution is 2.23. The average molecular weight is 402 g/mol. The first kappa shape index (κ1) is 19.9. The molecule has 0 heterocycles. The molecule has 1 unspecified atom stereocenters. The van der Waals surface area contributed by atoms with Crippen LogP contribution in [0.15, 0.2) is 53.4 Å². The second-order valence-electron chi connectivity index (χ2n) is 5.96. The lowest BCUT2D eigenvalue weighted by Gasteiger charge is -2.18. The van der Waals surface area contributed by atoms with Gasteiger partial charge in [-0.2, -0.15) is 0 Å². The molecule has 1 atom stereocenters. The Balaban J connectivity index is 2.31. The van der Waals surface area contributed by atoms with E-state index in [2.05, 4.69) is 4.72 Å². The lowest BCUT2D eigenvalue weighted by Crippen LogP contribution is -2.30. The van der Waals surface area contributed by atoms with Gasteiger partial charge in [0.25, 0.3) is 0 Å². The van der Waals surface area contributed by atoms with Crippen LogP contribution in [0.1, 0.15) is 17.0 Å². The maximum atomic E-state index is 12.7. The van der Waals surface area contributed by atoms with E-state index < -0.39 is 25.8 Å². The maximum absolute atomic E-state index is 12.7. The van der Waals surface area contributed by atoms with Crippen LogP contribution in [-0.2, 0) is 19.9 Å². The Morgan fingerprint density at radius 3 is 2.04 bits per heavy atom. The van der Waals surface area contributed by atoms with Crippen LogP contribution in [0, 0.1) is 6.92 Å². The topological polar surface area (TPSA) is 80.3 Å². The van der Waals surface area contributed by atoms with Gasteiger partial charge in [0, 0.05) is 17.5 Å². The fourth-order valence-electron chi connectivity index (χ4n) is 2.37. The van der Waals surface area contributed by atoms with Gasteiger partial charge < -0.3 is 0 Å². The zero-order valence-electron chi connectivity index (χ0n) is 13.9. The lowest BCUT2D eigenvalue weighted by atomic mass is 10.0. The third-order valence-corrected chi connectivity index (χ3v) is 6.51. The number of hydrogen-bond acceptors (Lipinski definition) is 4. The van der Waals surface area contributed by atoms with Crippen LogP contribution in [0.5, 0.6) is 0 Å². The van der Waals surface area contributed by atoms with Crippen molar-refractivity contribution in [1.82, 2.24) is 4.72 Å². The average Bonchev–Trinajstić information content (AvgIpc) is 2.52. The molecule has 2 aromatic carbocycles. The highest BCUT2D eigenvalue weighted by molar-refractivity contribution is 7.91. The van der Waals surface area contributed by atoms with Gasteiger partial charge in [-0.05, 0) is 36.8 Å². The first-order chi connectivity index (χ1) is 11.6. The third kappa shape index (κ3) is 6.11. The SMILES string of the molecule is Cc1ccc(S(=O)(=O)CC(CNS(C)(=O)=O)c2ccc(Cl)cc2)cc1. The van der Waals surface area contributed by atoms with E-state index in [4.69, 9.17) is 11.6 Å². The van der Waals surface area contributed by atoms with E-state index in [0.29, 0.717) is 10.6 Å². The van der Waals surface area contributed by atoms with Crippen LogP contribution in [-0.4, -0.2) is 35.4 Å². The summed E-state index contributed by atoms with van der Waals surface area (Å²) in [5.74, 6) is -0.737. The van der Waals surface area contributed by atoms with E-state index in [-0.39, 0.29) is 17.2 Å². The minimum absolute atomic E-state index is 0.00838. The lowest BCUT2D eigenvalue weighted by molar-refractivity contribution is 0.570. The van der Waals surface area contributed by atoms with Gasteiger partial charge in [-0.15, -0.1) is 0 Å². The molecule has 136 valence electrons. The number of sulfone groups is 1. The molecule has 0 amide bonds. The molecule has 0 aromatic heterocycles. The molecular formula is C17H20ClNO4S2. The summed E-state index contributed by atoms with van der Waals surface area (Å²) in [6.07, 6.45) is 1.04. The van der Waals surface area contributed by atoms with Gasteiger partial charge >= 0.3 is 0 Å². The smallest absolute Gasteiger partial charge is 0.208 e. The normalized spacial score (nSPS) is 13.6. The third-order valence-electron chi connectivity index (χ3n) is 3.73. The van der Waals surface area contributed by atoms with Gasteiger partial charge in [0.1, 0.15) is 0 Å². The van der Waals surface area contributed by atoms with Gasteiger partial charge in [-0.1, -0.05) is 41.4 Å². The molecule has 25 heavy (non-hydrogen) atoms. The van der Waals surface area contributed by atoms with Crippen molar-refractivity contribution in [3.05, 3.63) is 64.7 Å². The fourth-order valence-corrected chi connectivity index (χ4v) is 4.58. The Labute approximate surface area is 154 Å². The number of benzene rings is 2. The molecule has 8 heteroatoms. The minimum atomic E-state index is -3.57. The van der Waals surface area contributed by atoms with Gasteiger partial charge in [0.05, 0.1) is 16.9 Å². The molecular weight excluding hydrogens is 382 g/mol. The van der Waals surface area contributed by atoms with Gasteiger partial charge in [0.15, 0.2) is 9.84 Å². The summed E-state index contributed by atoms with van der Waals surface area (Å²) in [7, 11) is -7.00. The van der Waals surface area contributed by atoms with Crippen LogP contribution >= 0.6 is 11.6 Å². The van der Waals surface area contributed by atoms with Gasteiger partial charge in [-0.25, -0.2) is 21.6 Å². The van der Waals surface area contributed by atoms with Crippen LogP contribution in [0.2, 0.25) is 5.02 Å². The fraction of sp³-hybridized carbons (Fsp3) is 0.294. The van der Waals surface area contributed by atoms with E-state index in [1.54, 1.807) is 48.5 Å². The Kier molecular flexibility index (Phi) is 6.26. The summed E-state index contributed by atoms with van der Waals surface area (Å²) in [6.45, 7) is 1.87. The molecule has 0 aliphatic carbocycles. The van der Waals surface area contributed by atoms with E-state index in [0.717, 1.165) is 11.8 Å². The number of rotatable bonds is 7. The quantitative estimate of drug-likeness (QED) is 0.773. The molecule has 0 radical (unpaired) electrons. The molecule has 0 aliphatic heterocycles. The summed E-state index contributed by atoms with van der Waals surface area (Å²) in [6, 6.07) is 13.3. The zero-order chi connectivity index (χ0) is 18.7. The Morgan fingerprint density at radius 2 is 1.52 bits per heavy atom. The largest absolute Gasteiger partial charge is 0.224 e. The van der Waals surface area contributed by atoms with E-state index in [1.165, 1.54) is 0 Å². The maximum Gasteiger partial charge on any atom is 0.208 e. The summed E-state index contributed by atoms with van der Waals surface area (Å²) in [4.78, 5) is 0.219. The predicted octanol–water partition coefficient (Wildman–Crippen LogP) is 2.76. The van der Waals surface area contributed by atoms with Crippen molar-refractivity contribution in [2.45, 2.75) is 17.7 Å². The summed E-state index contributed by atoms with van der Waals surface area (Å²) >= 11 is 5.88. The first-order valence-corrected chi connectivity index (χ1v) is 11.5. The van der Waals surface area contributed by atoms with Gasteiger partial charge in [0.2, 0.25) is 10.0 Å². The molecule has 0 fully saturated rings. The molecule has 0 spiro atoms. The first-order valence-electron chi connectivity index (χ1n) is 7.56. The van der Waals surface area contributed by atoms with Crippen LogP contribution in [0.3, 0.4) is 0 Å². The van der Waals surface area contributed by atoms with Crippen molar-refractivity contribution in [2.24, 2.45) is 0 Å². The Hall–Kier alpha value is -1.41. The molecule has 0 aliphatic rings. The number of hydrogen-bond donors (Lipinski definition) is 1. The second kappa shape index (κ2) is 7.86. The molecule has 0 bridgehead atoms. The van der Waals surface area contributed by atoms with Crippen molar-refractivity contribution >= 4 is 31.5 Å². The van der Waals surface area contributed by atoms with Crippen molar-refractivity contribution in [3.63, 3.8) is 0 Å². The highest BCUT2D eigenvalue weighted by Gasteiger charge is 2.23. The minimum Gasteiger partial charge on any atom is -0.224 e. The Morgan fingerprint density at radius 1 is 0.960 bits per heavy atom. The number of aryl methyl sites for hydroxylation is 1. The van der Waals surface area contributed by atoms with E-state index in [1.807, 2.05) is 6.92 Å².